The van der Waals surface area contributed by atoms with Gasteiger partial charge >= 0.3 is 5.97 Å². The molecule has 0 unspecified atom stereocenters. The van der Waals surface area contributed by atoms with Crippen LogP contribution in [0, 0.1) is 17.0 Å². The maximum Gasteiger partial charge on any atom is 0.336 e. The number of aryl methyl sites for hydroxylation is 1. The summed E-state index contributed by atoms with van der Waals surface area (Å²) in [6.45, 7) is 6.91. The van der Waals surface area contributed by atoms with Gasteiger partial charge in [0.05, 0.1) is 10.5 Å². The Bertz CT molecular complexity index is 486. The van der Waals surface area contributed by atoms with Gasteiger partial charge in [-0.05, 0) is 18.4 Å². The van der Waals surface area contributed by atoms with Gasteiger partial charge in [0.2, 0.25) is 0 Å². The van der Waals surface area contributed by atoms with Crippen LogP contribution in [0.1, 0.15) is 42.3 Å². The van der Waals surface area contributed by atoms with Crippen molar-refractivity contribution in [1.29, 1.82) is 0 Å². The fourth-order valence-corrected chi connectivity index (χ4v) is 1.87. The molecule has 0 bridgehead atoms. The second-order valence-corrected chi connectivity index (χ2v) is 4.97. The predicted octanol–water partition coefficient (Wildman–Crippen LogP) is 2.90. The van der Waals surface area contributed by atoms with Crippen LogP contribution < -0.4 is 0 Å². The molecule has 0 saturated carbocycles. The van der Waals surface area contributed by atoms with Gasteiger partial charge in [0, 0.05) is 11.1 Å². The summed E-state index contributed by atoms with van der Waals surface area (Å²) >= 11 is 0. The lowest BCUT2D eigenvalue weighted by atomic mass is 9.81. The monoisotopic (exact) mass is 237 g/mol. The van der Waals surface area contributed by atoms with Gasteiger partial charge in [-0.3, -0.25) is 10.1 Å². The van der Waals surface area contributed by atoms with E-state index in [0.717, 1.165) is 0 Å². The van der Waals surface area contributed by atoms with E-state index in [1.807, 2.05) is 0 Å². The van der Waals surface area contributed by atoms with Crippen molar-refractivity contribution in [2.24, 2.45) is 0 Å². The third kappa shape index (κ3) is 2.43. The summed E-state index contributed by atoms with van der Waals surface area (Å²) in [6.07, 6.45) is 0. The van der Waals surface area contributed by atoms with E-state index in [1.165, 1.54) is 12.1 Å². The Morgan fingerprint density at radius 3 is 2.24 bits per heavy atom. The van der Waals surface area contributed by atoms with Crippen molar-refractivity contribution in [2.75, 3.05) is 0 Å². The lowest BCUT2D eigenvalue weighted by Crippen LogP contribution is -2.19. The number of rotatable bonds is 2. The van der Waals surface area contributed by atoms with Crippen LogP contribution in [0.5, 0.6) is 0 Å². The largest absolute Gasteiger partial charge is 0.478 e. The minimum absolute atomic E-state index is 0.00481. The minimum atomic E-state index is -1.14. The maximum absolute atomic E-state index is 11.1. The highest BCUT2D eigenvalue weighted by Crippen LogP contribution is 2.36. The van der Waals surface area contributed by atoms with E-state index in [2.05, 4.69) is 0 Å². The van der Waals surface area contributed by atoms with E-state index in [-0.39, 0.29) is 16.8 Å². The summed E-state index contributed by atoms with van der Waals surface area (Å²) in [5.74, 6) is -1.14. The topological polar surface area (TPSA) is 80.4 Å². The highest BCUT2D eigenvalue weighted by atomic mass is 16.6. The molecule has 0 amide bonds. The third-order valence-corrected chi connectivity index (χ3v) is 2.54. The maximum atomic E-state index is 11.1. The number of nitro benzene ring substituents is 1. The molecule has 92 valence electrons. The van der Waals surface area contributed by atoms with E-state index in [1.54, 1.807) is 27.7 Å². The van der Waals surface area contributed by atoms with Crippen molar-refractivity contribution in [3.8, 4) is 0 Å². The van der Waals surface area contributed by atoms with Crippen LogP contribution in [0.15, 0.2) is 12.1 Å². The molecule has 17 heavy (non-hydrogen) atoms. The zero-order valence-corrected chi connectivity index (χ0v) is 10.3. The Morgan fingerprint density at radius 2 is 1.88 bits per heavy atom. The lowest BCUT2D eigenvalue weighted by molar-refractivity contribution is -0.386. The van der Waals surface area contributed by atoms with Crippen LogP contribution in [-0.2, 0) is 5.41 Å². The van der Waals surface area contributed by atoms with Crippen LogP contribution in [0.25, 0.3) is 0 Å². The zero-order chi connectivity index (χ0) is 13.4. The molecule has 0 aliphatic rings. The summed E-state index contributed by atoms with van der Waals surface area (Å²) in [5.41, 5.74) is 0.0504. The van der Waals surface area contributed by atoms with Crippen molar-refractivity contribution in [2.45, 2.75) is 33.1 Å². The van der Waals surface area contributed by atoms with E-state index >= 15 is 0 Å². The van der Waals surface area contributed by atoms with E-state index in [0.29, 0.717) is 5.56 Å². The molecule has 0 atom stereocenters. The molecule has 0 radical (unpaired) electrons. The van der Waals surface area contributed by atoms with E-state index in [9.17, 15) is 14.9 Å². The van der Waals surface area contributed by atoms with Gasteiger partial charge in [0.1, 0.15) is 0 Å². The molecule has 0 aliphatic carbocycles. The molecular formula is C12H15NO4. The van der Waals surface area contributed by atoms with Crippen LogP contribution in [0.2, 0.25) is 0 Å². The zero-order valence-electron chi connectivity index (χ0n) is 10.3. The Balaban J connectivity index is 3.75. The van der Waals surface area contributed by atoms with Crippen molar-refractivity contribution in [3.63, 3.8) is 0 Å². The first-order valence-corrected chi connectivity index (χ1v) is 5.18. The summed E-state index contributed by atoms with van der Waals surface area (Å²) in [5, 5.41) is 20.2. The molecule has 0 heterocycles. The predicted molar refractivity (Wildman–Crippen MR) is 63.5 cm³/mol. The molecule has 0 aliphatic heterocycles. The van der Waals surface area contributed by atoms with Gasteiger partial charge in [-0.2, -0.15) is 0 Å². The van der Waals surface area contributed by atoms with E-state index in [4.69, 9.17) is 5.11 Å². The molecule has 0 saturated heterocycles. The van der Waals surface area contributed by atoms with Crippen molar-refractivity contribution < 1.29 is 14.8 Å². The number of nitro groups is 1. The standard InChI is InChI=1S/C12H15NO4/c1-7-5-6-8(11(14)15)9(12(2,3)4)10(7)13(16)17/h5-6H,1-4H3,(H,14,15). The molecule has 1 aromatic carbocycles. The normalized spacial score (nSPS) is 11.3. The van der Waals surface area contributed by atoms with Gasteiger partial charge in [-0.15, -0.1) is 0 Å². The van der Waals surface area contributed by atoms with E-state index < -0.39 is 16.3 Å². The highest BCUT2D eigenvalue weighted by molar-refractivity contribution is 5.91. The van der Waals surface area contributed by atoms with Gasteiger partial charge in [0.15, 0.2) is 0 Å². The molecule has 5 nitrogen and oxygen atoms in total. The first-order chi connectivity index (χ1) is 7.66. The van der Waals surface area contributed by atoms with Crippen molar-refractivity contribution in [1.82, 2.24) is 0 Å². The summed E-state index contributed by atoms with van der Waals surface area (Å²) < 4.78 is 0. The quantitative estimate of drug-likeness (QED) is 0.633. The number of aromatic carboxylic acids is 1. The molecule has 0 spiro atoms. The summed E-state index contributed by atoms with van der Waals surface area (Å²) in [4.78, 5) is 21.7. The van der Waals surface area contributed by atoms with Crippen LogP contribution in [0.3, 0.4) is 0 Å². The number of carboxylic acid groups (broad SMARTS) is 1. The molecule has 1 aromatic rings. The molecule has 0 aromatic heterocycles. The SMILES string of the molecule is Cc1ccc(C(=O)O)c(C(C)(C)C)c1[N+](=O)[O-]. The summed E-state index contributed by atoms with van der Waals surface area (Å²) in [7, 11) is 0. The lowest BCUT2D eigenvalue weighted by Gasteiger charge is -2.21. The molecule has 0 fully saturated rings. The number of carboxylic acids is 1. The number of benzene rings is 1. The number of nitrogens with zero attached hydrogens (tertiary/aromatic N) is 1. The Hall–Kier alpha value is -1.91. The first kappa shape index (κ1) is 13.2. The van der Waals surface area contributed by atoms with Gasteiger partial charge < -0.3 is 5.11 Å². The van der Waals surface area contributed by atoms with Gasteiger partial charge in [-0.1, -0.05) is 26.8 Å². The van der Waals surface area contributed by atoms with Crippen LogP contribution >= 0.6 is 0 Å². The molecule has 1 N–H and O–H groups in total. The molecular weight excluding hydrogens is 222 g/mol. The summed E-state index contributed by atoms with van der Waals surface area (Å²) in [6, 6.07) is 2.89. The van der Waals surface area contributed by atoms with Crippen LogP contribution in [0.4, 0.5) is 5.69 Å². The average molecular weight is 237 g/mol. The Morgan fingerprint density at radius 1 is 1.35 bits per heavy atom. The molecule has 5 heteroatoms. The highest BCUT2D eigenvalue weighted by Gasteiger charge is 2.32. The smallest absolute Gasteiger partial charge is 0.336 e. The Labute approximate surface area is 99.2 Å². The number of hydrogen-bond donors (Lipinski definition) is 1. The van der Waals surface area contributed by atoms with Gasteiger partial charge in [0.25, 0.3) is 5.69 Å². The molecule has 1 rings (SSSR count). The second-order valence-electron chi connectivity index (χ2n) is 4.97. The second kappa shape index (κ2) is 4.16. The minimum Gasteiger partial charge on any atom is -0.478 e. The van der Waals surface area contributed by atoms with Gasteiger partial charge in [-0.25, -0.2) is 4.79 Å². The average Bonchev–Trinajstić information content (AvgIpc) is 2.14. The number of carbonyl (C=O) groups is 1. The fraction of sp³-hybridized carbons (Fsp3) is 0.417. The fourth-order valence-electron chi connectivity index (χ4n) is 1.87. The van der Waals surface area contributed by atoms with Crippen molar-refractivity contribution >= 4 is 11.7 Å². The number of hydrogen-bond acceptors (Lipinski definition) is 3. The first-order valence-electron chi connectivity index (χ1n) is 5.18. The van der Waals surface area contributed by atoms with Crippen molar-refractivity contribution in [3.05, 3.63) is 38.9 Å². The van der Waals surface area contributed by atoms with Crippen LogP contribution in [-0.4, -0.2) is 16.0 Å². The Kier molecular flexibility index (Phi) is 3.22. The third-order valence-electron chi connectivity index (χ3n) is 2.54.